The molecule has 0 atom stereocenters. The number of nitrogen functional groups attached to an aromatic ring is 1. The summed E-state index contributed by atoms with van der Waals surface area (Å²) in [7, 11) is 0. The van der Waals surface area contributed by atoms with Crippen molar-refractivity contribution in [3.8, 4) is 11.5 Å². The molecule has 0 radical (unpaired) electrons. The molecular formula is C15H20N6. The van der Waals surface area contributed by atoms with E-state index in [4.69, 9.17) is 10.8 Å². The highest BCUT2D eigenvalue weighted by Crippen LogP contribution is 2.38. The fourth-order valence-electron chi connectivity index (χ4n) is 3.21. The van der Waals surface area contributed by atoms with Gasteiger partial charge in [0.15, 0.2) is 5.82 Å². The zero-order valence-electron chi connectivity index (χ0n) is 12.0. The Labute approximate surface area is 123 Å². The van der Waals surface area contributed by atoms with Crippen molar-refractivity contribution >= 4 is 5.82 Å². The van der Waals surface area contributed by atoms with Gasteiger partial charge in [-0.2, -0.15) is 0 Å². The second-order valence-corrected chi connectivity index (χ2v) is 6.04. The summed E-state index contributed by atoms with van der Waals surface area (Å²) in [4.78, 5) is 13.6. The molecule has 6 heteroatoms. The Morgan fingerprint density at radius 3 is 2.67 bits per heavy atom. The molecule has 0 aromatic carbocycles. The Morgan fingerprint density at radius 2 is 1.95 bits per heavy atom. The third-order valence-electron chi connectivity index (χ3n) is 4.50. The summed E-state index contributed by atoms with van der Waals surface area (Å²) in [5.74, 6) is 7.54. The number of nitrogens with one attached hydrogen (secondary N) is 1. The monoisotopic (exact) mass is 284 g/mol. The van der Waals surface area contributed by atoms with Crippen LogP contribution in [-0.4, -0.2) is 19.5 Å². The number of nitrogens with two attached hydrogens (primary N) is 1. The van der Waals surface area contributed by atoms with Gasteiger partial charge in [-0.3, -0.25) is 0 Å². The first-order chi connectivity index (χ1) is 10.3. The molecule has 2 aliphatic carbocycles. The molecule has 0 aliphatic heterocycles. The maximum atomic E-state index is 5.59. The average molecular weight is 284 g/mol. The van der Waals surface area contributed by atoms with Crippen molar-refractivity contribution in [1.29, 1.82) is 0 Å². The maximum Gasteiger partial charge on any atom is 0.180 e. The standard InChI is InChI=1S/C15H20N6/c16-20-14-7-12(10-3-1-2-4-10)18-15(19-14)13-8-17-9-21(13)11-5-6-11/h7-11H,1-6,16H2,(H,18,19,20). The lowest BCUT2D eigenvalue weighted by Crippen LogP contribution is -2.12. The second kappa shape index (κ2) is 5.11. The summed E-state index contributed by atoms with van der Waals surface area (Å²) in [5.41, 5.74) is 4.78. The SMILES string of the molecule is NNc1cc(C2CCCC2)nc(-c2cncn2C2CC2)n1. The van der Waals surface area contributed by atoms with Crippen LogP contribution in [0.25, 0.3) is 11.5 Å². The van der Waals surface area contributed by atoms with Gasteiger partial charge in [-0.1, -0.05) is 12.8 Å². The van der Waals surface area contributed by atoms with Crippen LogP contribution < -0.4 is 11.3 Å². The van der Waals surface area contributed by atoms with Crippen LogP contribution in [-0.2, 0) is 0 Å². The molecule has 0 amide bonds. The number of rotatable bonds is 4. The number of imidazole rings is 1. The maximum absolute atomic E-state index is 5.59. The first-order valence-electron chi connectivity index (χ1n) is 7.73. The highest BCUT2D eigenvalue weighted by atomic mass is 15.3. The minimum Gasteiger partial charge on any atom is -0.325 e. The van der Waals surface area contributed by atoms with Crippen LogP contribution >= 0.6 is 0 Å². The van der Waals surface area contributed by atoms with Gasteiger partial charge in [0.05, 0.1) is 12.5 Å². The molecule has 2 saturated carbocycles. The van der Waals surface area contributed by atoms with Crippen LogP contribution in [0.4, 0.5) is 5.82 Å². The van der Waals surface area contributed by atoms with Gasteiger partial charge in [0.25, 0.3) is 0 Å². The van der Waals surface area contributed by atoms with E-state index >= 15 is 0 Å². The van der Waals surface area contributed by atoms with E-state index in [1.807, 2.05) is 18.6 Å². The first kappa shape index (κ1) is 12.8. The van der Waals surface area contributed by atoms with Crippen LogP contribution in [0.2, 0.25) is 0 Å². The lowest BCUT2D eigenvalue weighted by molar-refractivity contribution is 0.692. The fourth-order valence-corrected chi connectivity index (χ4v) is 3.21. The molecule has 0 spiro atoms. The van der Waals surface area contributed by atoms with Crippen molar-refractivity contribution in [2.75, 3.05) is 5.43 Å². The number of aromatic nitrogens is 4. The minimum atomic E-state index is 0.538. The molecule has 2 fully saturated rings. The van der Waals surface area contributed by atoms with Crippen molar-refractivity contribution in [3.05, 3.63) is 24.3 Å². The van der Waals surface area contributed by atoms with Gasteiger partial charge in [0.1, 0.15) is 11.5 Å². The summed E-state index contributed by atoms with van der Waals surface area (Å²) in [6.07, 6.45) is 11.2. The summed E-state index contributed by atoms with van der Waals surface area (Å²) in [5, 5.41) is 0. The molecule has 6 nitrogen and oxygen atoms in total. The van der Waals surface area contributed by atoms with Crippen LogP contribution in [0.1, 0.15) is 56.2 Å². The van der Waals surface area contributed by atoms with Crippen molar-refractivity contribution in [2.24, 2.45) is 5.84 Å². The van der Waals surface area contributed by atoms with E-state index in [9.17, 15) is 0 Å². The molecule has 2 aromatic heterocycles. The molecule has 0 unspecified atom stereocenters. The van der Waals surface area contributed by atoms with E-state index in [0.717, 1.165) is 17.2 Å². The molecular weight excluding hydrogens is 264 g/mol. The van der Waals surface area contributed by atoms with Crippen LogP contribution in [0.3, 0.4) is 0 Å². The number of anilines is 1. The highest BCUT2D eigenvalue weighted by molar-refractivity contribution is 5.53. The molecule has 4 rings (SSSR count). The smallest absolute Gasteiger partial charge is 0.180 e. The van der Waals surface area contributed by atoms with Crippen molar-refractivity contribution in [3.63, 3.8) is 0 Å². The summed E-state index contributed by atoms with van der Waals surface area (Å²) < 4.78 is 2.19. The molecule has 110 valence electrons. The summed E-state index contributed by atoms with van der Waals surface area (Å²) in [6, 6.07) is 2.55. The average Bonchev–Trinajstić information content (AvgIpc) is 3.05. The molecule has 0 saturated heterocycles. The van der Waals surface area contributed by atoms with Gasteiger partial charge in [0.2, 0.25) is 0 Å². The lowest BCUT2D eigenvalue weighted by atomic mass is 10.0. The minimum absolute atomic E-state index is 0.538. The Balaban J connectivity index is 1.76. The van der Waals surface area contributed by atoms with Gasteiger partial charge in [-0.05, 0) is 25.7 Å². The fraction of sp³-hybridized carbons (Fsp3) is 0.533. The third-order valence-corrected chi connectivity index (χ3v) is 4.50. The number of hydrogen-bond acceptors (Lipinski definition) is 5. The molecule has 3 N–H and O–H groups in total. The van der Waals surface area contributed by atoms with Crippen LogP contribution in [0.15, 0.2) is 18.6 Å². The zero-order chi connectivity index (χ0) is 14.2. The van der Waals surface area contributed by atoms with E-state index in [-0.39, 0.29) is 0 Å². The van der Waals surface area contributed by atoms with Crippen LogP contribution in [0.5, 0.6) is 0 Å². The van der Waals surface area contributed by atoms with Gasteiger partial charge < -0.3 is 9.99 Å². The predicted octanol–water partition coefficient (Wildman–Crippen LogP) is 2.62. The van der Waals surface area contributed by atoms with E-state index in [0.29, 0.717) is 17.8 Å². The Bertz CT molecular complexity index is 639. The zero-order valence-corrected chi connectivity index (χ0v) is 12.0. The van der Waals surface area contributed by atoms with E-state index in [2.05, 4.69) is 20.0 Å². The first-order valence-corrected chi connectivity index (χ1v) is 7.73. The molecule has 21 heavy (non-hydrogen) atoms. The topological polar surface area (TPSA) is 81.6 Å². The molecule has 0 bridgehead atoms. The van der Waals surface area contributed by atoms with Crippen molar-refractivity contribution in [1.82, 2.24) is 19.5 Å². The second-order valence-electron chi connectivity index (χ2n) is 6.04. The summed E-state index contributed by atoms with van der Waals surface area (Å²) in [6.45, 7) is 0. The Hall–Kier alpha value is -1.95. The number of nitrogens with zero attached hydrogens (tertiary/aromatic N) is 4. The van der Waals surface area contributed by atoms with Crippen molar-refractivity contribution in [2.45, 2.75) is 50.5 Å². The Morgan fingerprint density at radius 1 is 1.14 bits per heavy atom. The van der Waals surface area contributed by atoms with Crippen molar-refractivity contribution < 1.29 is 0 Å². The van der Waals surface area contributed by atoms with E-state index in [1.54, 1.807) is 0 Å². The summed E-state index contributed by atoms with van der Waals surface area (Å²) >= 11 is 0. The van der Waals surface area contributed by atoms with Gasteiger partial charge in [0, 0.05) is 23.7 Å². The largest absolute Gasteiger partial charge is 0.325 e. The molecule has 2 heterocycles. The number of hydrazine groups is 1. The molecule has 2 aliphatic rings. The van der Waals surface area contributed by atoms with Gasteiger partial charge in [-0.15, -0.1) is 0 Å². The van der Waals surface area contributed by atoms with Gasteiger partial charge in [-0.25, -0.2) is 20.8 Å². The number of hydrogen-bond donors (Lipinski definition) is 2. The van der Waals surface area contributed by atoms with Gasteiger partial charge >= 0.3 is 0 Å². The normalized spacial score (nSPS) is 19.1. The van der Waals surface area contributed by atoms with E-state index in [1.165, 1.54) is 38.5 Å². The third kappa shape index (κ3) is 2.40. The quantitative estimate of drug-likeness (QED) is 0.666. The molecule has 2 aromatic rings. The highest BCUT2D eigenvalue weighted by Gasteiger charge is 2.27. The van der Waals surface area contributed by atoms with Crippen LogP contribution in [0, 0.1) is 0 Å². The Kier molecular flexibility index (Phi) is 3.11. The predicted molar refractivity (Wildman–Crippen MR) is 80.5 cm³/mol. The van der Waals surface area contributed by atoms with E-state index < -0.39 is 0 Å². The lowest BCUT2D eigenvalue weighted by Gasteiger charge is -2.13.